The molecule has 0 radical (unpaired) electrons. The van der Waals surface area contributed by atoms with Crippen molar-refractivity contribution in [1.29, 1.82) is 0 Å². The van der Waals surface area contributed by atoms with E-state index in [4.69, 9.17) is 16.3 Å². The molecule has 2 unspecified atom stereocenters. The third kappa shape index (κ3) is 1.29. The number of carbonyl (C=O) groups is 2. The molecule has 0 N–H and O–H groups in total. The number of ether oxygens (including phenoxy) is 1. The lowest BCUT2D eigenvalue weighted by molar-refractivity contribution is -0.152. The summed E-state index contributed by atoms with van der Waals surface area (Å²) in [6.07, 6.45) is 6.27. The maximum Gasteiger partial charge on any atom is 0.379 e. The van der Waals surface area contributed by atoms with E-state index in [1.54, 1.807) is 6.92 Å². The van der Waals surface area contributed by atoms with Gasteiger partial charge in [-0.1, -0.05) is 23.8 Å². The fourth-order valence-corrected chi connectivity index (χ4v) is 3.65. The monoisotopic (exact) mass is 252 g/mol. The Bertz CT molecular complexity index is 471. The third-order valence-corrected chi connectivity index (χ3v) is 4.55. The molecule has 0 aromatic carbocycles. The van der Waals surface area contributed by atoms with Gasteiger partial charge in [0.2, 0.25) is 0 Å². The lowest BCUT2D eigenvalue weighted by Crippen LogP contribution is -2.23. The smallest absolute Gasteiger partial charge is 0.379 e. The molecule has 0 aromatic rings. The summed E-state index contributed by atoms with van der Waals surface area (Å²) in [6, 6.07) is 0. The molecule has 2 bridgehead atoms. The van der Waals surface area contributed by atoms with Crippen LogP contribution in [0.25, 0.3) is 0 Å². The van der Waals surface area contributed by atoms with Crippen LogP contribution in [0.4, 0.5) is 0 Å². The van der Waals surface area contributed by atoms with Crippen molar-refractivity contribution in [1.82, 2.24) is 0 Å². The lowest BCUT2D eigenvalue weighted by atomic mass is 9.88. The van der Waals surface area contributed by atoms with Gasteiger partial charge in [-0.25, -0.2) is 4.79 Å². The summed E-state index contributed by atoms with van der Waals surface area (Å²) in [5.74, 6) is -1.14. The standard InChI is InChI=1S/C13H13ClO3/c1-2-17-12(16)11(15)9-7-3-4-8(10(9)14)13(7)5-6-13/h3-4,7-8H,2,5-6H2,1H3. The molecule has 3 aliphatic carbocycles. The zero-order chi connectivity index (χ0) is 12.2. The second kappa shape index (κ2) is 3.45. The molecule has 17 heavy (non-hydrogen) atoms. The normalized spacial score (nSPS) is 31.2. The molecule has 4 heteroatoms. The van der Waals surface area contributed by atoms with Crippen LogP contribution in [-0.2, 0) is 14.3 Å². The molecule has 3 nitrogen and oxygen atoms in total. The summed E-state index contributed by atoms with van der Waals surface area (Å²) < 4.78 is 4.76. The van der Waals surface area contributed by atoms with Gasteiger partial charge in [-0.3, -0.25) is 4.79 Å². The molecule has 1 spiro atoms. The molecule has 3 aliphatic rings. The Hall–Kier alpha value is -1.09. The molecule has 0 heterocycles. The number of halogens is 1. The van der Waals surface area contributed by atoms with Crippen molar-refractivity contribution in [3.63, 3.8) is 0 Å². The lowest BCUT2D eigenvalue weighted by Gasteiger charge is -2.14. The van der Waals surface area contributed by atoms with Crippen LogP contribution in [0.3, 0.4) is 0 Å². The predicted octanol–water partition coefficient (Wildman–Crippen LogP) is 2.21. The molecule has 90 valence electrons. The van der Waals surface area contributed by atoms with Gasteiger partial charge in [0.05, 0.1) is 6.61 Å². The molecule has 2 atom stereocenters. The third-order valence-electron chi connectivity index (χ3n) is 4.11. The van der Waals surface area contributed by atoms with Gasteiger partial charge in [0.15, 0.2) is 0 Å². The minimum atomic E-state index is -0.780. The highest BCUT2D eigenvalue weighted by Crippen LogP contribution is 2.70. The largest absolute Gasteiger partial charge is 0.460 e. The van der Waals surface area contributed by atoms with Crippen molar-refractivity contribution < 1.29 is 14.3 Å². The number of hydrogen-bond donors (Lipinski definition) is 0. The van der Waals surface area contributed by atoms with E-state index < -0.39 is 11.8 Å². The zero-order valence-corrected chi connectivity index (χ0v) is 10.3. The van der Waals surface area contributed by atoms with E-state index >= 15 is 0 Å². The Labute approximate surface area is 104 Å². The van der Waals surface area contributed by atoms with Crippen LogP contribution >= 0.6 is 11.6 Å². The first-order chi connectivity index (χ1) is 8.12. The first kappa shape index (κ1) is 11.0. The molecule has 0 aromatic heterocycles. The molecular weight excluding hydrogens is 240 g/mol. The molecular formula is C13H13ClO3. The Balaban J connectivity index is 1.90. The second-order valence-corrected chi connectivity index (χ2v) is 5.29. The Kier molecular flexibility index (Phi) is 2.24. The van der Waals surface area contributed by atoms with Crippen LogP contribution in [0.15, 0.2) is 22.8 Å². The summed E-state index contributed by atoms with van der Waals surface area (Å²) in [4.78, 5) is 23.5. The predicted molar refractivity (Wildman–Crippen MR) is 62.3 cm³/mol. The van der Waals surface area contributed by atoms with Crippen LogP contribution < -0.4 is 0 Å². The average Bonchev–Trinajstić information content (AvgIpc) is 2.95. The van der Waals surface area contributed by atoms with Crippen LogP contribution in [0.2, 0.25) is 0 Å². The maximum atomic E-state index is 12.0. The van der Waals surface area contributed by atoms with Gasteiger partial charge in [-0.15, -0.1) is 0 Å². The summed E-state index contributed by atoms with van der Waals surface area (Å²) in [5, 5.41) is 0.563. The van der Waals surface area contributed by atoms with Crippen LogP contribution in [-0.4, -0.2) is 18.4 Å². The fourth-order valence-electron chi connectivity index (χ4n) is 3.16. The Morgan fingerprint density at radius 2 is 2.06 bits per heavy atom. The zero-order valence-electron chi connectivity index (χ0n) is 9.53. The van der Waals surface area contributed by atoms with Crippen molar-refractivity contribution >= 4 is 23.4 Å². The van der Waals surface area contributed by atoms with Crippen molar-refractivity contribution in [3.05, 3.63) is 22.8 Å². The van der Waals surface area contributed by atoms with Gasteiger partial charge < -0.3 is 4.74 Å². The second-order valence-electron chi connectivity index (χ2n) is 4.88. The Morgan fingerprint density at radius 3 is 2.59 bits per heavy atom. The quantitative estimate of drug-likeness (QED) is 0.439. The van der Waals surface area contributed by atoms with E-state index in [2.05, 4.69) is 6.08 Å². The van der Waals surface area contributed by atoms with Crippen LogP contribution in [0.5, 0.6) is 0 Å². The van der Waals surface area contributed by atoms with Gasteiger partial charge in [0, 0.05) is 22.4 Å². The van der Waals surface area contributed by atoms with Crippen molar-refractivity contribution in [2.24, 2.45) is 17.3 Å². The first-order valence-corrected chi connectivity index (χ1v) is 6.29. The number of Topliss-reactive ketones (excluding diaryl/α,β-unsaturated/α-hetero) is 1. The van der Waals surface area contributed by atoms with E-state index in [0.29, 0.717) is 10.6 Å². The van der Waals surface area contributed by atoms with Crippen molar-refractivity contribution in [2.75, 3.05) is 6.61 Å². The summed E-state index contributed by atoms with van der Waals surface area (Å²) in [6.45, 7) is 1.90. The molecule has 3 rings (SSSR count). The minimum Gasteiger partial charge on any atom is -0.460 e. The highest BCUT2D eigenvalue weighted by Gasteiger charge is 2.63. The highest BCUT2D eigenvalue weighted by molar-refractivity contribution is 6.45. The Morgan fingerprint density at radius 1 is 1.41 bits per heavy atom. The number of esters is 1. The van der Waals surface area contributed by atoms with Crippen molar-refractivity contribution in [3.8, 4) is 0 Å². The van der Waals surface area contributed by atoms with Crippen LogP contribution in [0.1, 0.15) is 19.8 Å². The number of ketones is 1. The molecule has 0 saturated heterocycles. The topological polar surface area (TPSA) is 43.4 Å². The molecule has 1 fully saturated rings. The number of rotatable bonds is 3. The van der Waals surface area contributed by atoms with E-state index in [1.807, 2.05) is 6.08 Å². The van der Waals surface area contributed by atoms with E-state index in [1.165, 1.54) is 0 Å². The molecule has 0 amide bonds. The summed E-state index contributed by atoms with van der Waals surface area (Å²) in [5.41, 5.74) is 0.615. The SMILES string of the molecule is CCOC(=O)C(=O)C1=C(Cl)C2C=CC1C21CC1. The summed E-state index contributed by atoms with van der Waals surface area (Å²) in [7, 11) is 0. The first-order valence-electron chi connectivity index (χ1n) is 5.91. The van der Waals surface area contributed by atoms with E-state index in [-0.39, 0.29) is 23.9 Å². The number of hydrogen-bond acceptors (Lipinski definition) is 3. The van der Waals surface area contributed by atoms with Gasteiger partial charge in [-0.05, 0) is 25.2 Å². The summed E-state index contributed by atoms with van der Waals surface area (Å²) >= 11 is 6.24. The number of allylic oxidation sites excluding steroid dienone is 3. The van der Waals surface area contributed by atoms with Gasteiger partial charge in [0.25, 0.3) is 5.78 Å². The average molecular weight is 253 g/mol. The number of carbonyl (C=O) groups excluding carboxylic acids is 2. The van der Waals surface area contributed by atoms with E-state index in [0.717, 1.165) is 12.8 Å². The maximum absolute atomic E-state index is 12.0. The van der Waals surface area contributed by atoms with E-state index in [9.17, 15) is 9.59 Å². The van der Waals surface area contributed by atoms with Gasteiger partial charge in [-0.2, -0.15) is 0 Å². The molecule has 0 aliphatic heterocycles. The molecule has 1 saturated carbocycles. The van der Waals surface area contributed by atoms with Crippen LogP contribution in [0, 0.1) is 17.3 Å². The van der Waals surface area contributed by atoms with Crippen molar-refractivity contribution in [2.45, 2.75) is 19.8 Å². The fraction of sp³-hybridized carbons (Fsp3) is 0.538. The van der Waals surface area contributed by atoms with Gasteiger partial charge >= 0.3 is 5.97 Å². The minimum absolute atomic E-state index is 0.0388. The van der Waals surface area contributed by atoms with Gasteiger partial charge in [0.1, 0.15) is 0 Å². The highest BCUT2D eigenvalue weighted by atomic mass is 35.5.